The first-order valence-electron chi connectivity index (χ1n) is 6.24. The van der Waals surface area contributed by atoms with Gasteiger partial charge < -0.3 is 4.74 Å². The number of hydrogen-bond donors (Lipinski definition) is 0. The summed E-state index contributed by atoms with van der Waals surface area (Å²) in [5, 5.41) is 23.6. The van der Waals surface area contributed by atoms with Crippen molar-refractivity contribution in [2.45, 2.75) is 39.2 Å². The molecule has 1 rings (SSSR count). The van der Waals surface area contributed by atoms with Crippen LogP contribution >= 0.6 is 0 Å². The molecule has 0 fully saturated rings. The Morgan fingerprint density at radius 3 is 2.70 bits per heavy atom. The predicted molar refractivity (Wildman–Crippen MR) is 71.2 cm³/mol. The summed E-state index contributed by atoms with van der Waals surface area (Å²) in [6.07, 6.45) is 0.859. The van der Waals surface area contributed by atoms with Crippen molar-refractivity contribution >= 4 is 11.8 Å². The van der Waals surface area contributed by atoms with Crippen LogP contribution in [-0.4, -0.2) is 28.3 Å². The van der Waals surface area contributed by atoms with Crippen LogP contribution in [0, 0.1) is 11.3 Å². The molecule has 0 spiro atoms. The van der Waals surface area contributed by atoms with Crippen LogP contribution in [-0.2, 0) is 9.53 Å². The Labute approximate surface area is 117 Å². The molecular formula is C13H17N5O2. The zero-order chi connectivity index (χ0) is 15.0. The second-order valence-corrected chi connectivity index (χ2v) is 5.04. The van der Waals surface area contributed by atoms with Gasteiger partial charge in [-0.05, 0) is 39.3 Å². The van der Waals surface area contributed by atoms with Crippen LogP contribution in [0.5, 0.6) is 0 Å². The Balaban J connectivity index is 2.28. The monoisotopic (exact) mass is 275 g/mol. The fourth-order valence-electron chi connectivity index (χ4n) is 1.25. The van der Waals surface area contributed by atoms with Crippen molar-refractivity contribution in [2.75, 3.05) is 6.54 Å². The second kappa shape index (κ2) is 7.28. The Kier molecular flexibility index (Phi) is 5.72. The van der Waals surface area contributed by atoms with Crippen LogP contribution in [0.2, 0.25) is 0 Å². The highest BCUT2D eigenvalue weighted by atomic mass is 16.6. The van der Waals surface area contributed by atoms with Crippen LogP contribution in [0.4, 0.5) is 5.82 Å². The molecule has 0 aliphatic rings. The smallest absolute Gasteiger partial charge is 0.306 e. The normalized spacial score (nSPS) is 11.3. The number of azo groups is 1. The van der Waals surface area contributed by atoms with Gasteiger partial charge in [0.2, 0.25) is 0 Å². The van der Waals surface area contributed by atoms with Gasteiger partial charge in [-0.2, -0.15) is 10.4 Å². The van der Waals surface area contributed by atoms with Gasteiger partial charge in [-0.25, -0.2) is 0 Å². The SMILES string of the molecule is CC(C)(C)OC(=O)CCCN=Nc1ccc(C#N)nn1. The lowest BCUT2D eigenvalue weighted by Gasteiger charge is -2.19. The van der Waals surface area contributed by atoms with E-state index < -0.39 is 5.60 Å². The topological polar surface area (TPSA) is 101 Å². The van der Waals surface area contributed by atoms with Crippen LogP contribution in [0.15, 0.2) is 22.4 Å². The van der Waals surface area contributed by atoms with Gasteiger partial charge in [-0.1, -0.05) is 0 Å². The molecule has 0 aromatic carbocycles. The van der Waals surface area contributed by atoms with Gasteiger partial charge in [0.15, 0.2) is 11.5 Å². The van der Waals surface area contributed by atoms with E-state index in [9.17, 15) is 4.79 Å². The molecule has 1 aromatic rings. The number of carbonyl (C=O) groups excluding carboxylic acids is 1. The third-order valence-electron chi connectivity index (χ3n) is 2.00. The quantitative estimate of drug-likeness (QED) is 0.467. The number of rotatable bonds is 5. The third-order valence-corrected chi connectivity index (χ3v) is 2.00. The fraction of sp³-hybridized carbons (Fsp3) is 0.538. The van der Waals surface area contributed by atoms with E-state index in [1.54, 1.807) is 6.07 Å². The number of nitriles is 1. The Morgan fingerprint density at radius 1 is 1.40 bits per heavy atom. The maximum Gasteiger partial charge on any atom is 0.306 e. The molecule has 0 unspecified atom stereocenters. The first kappa shape index (κ1) is 15.7. The molecule has 7 nitrogen and oxygen atoms in total. The molecular weight excluding hydrogens is 258 g/mol. The summed E-state index contributed by atoms with van der Waals surface area (Å²) in [6.45, 7) is 5.89. The molecule has 7 heteroatoms. The van der Waals surface area contributed by atoms with Crippen LogP contribution < -0.4 is 0 Å². The summed E-state index contributed by atoms with van der Waals surface area (Å²) in [6, 6.07) is 4.94. The first-order chi connectivity index (χ1) is 9.40. The van der Waals surface area contributed by atoms with Gasteiger partial charge in [0.25, 0.3) is 0 Å². The zero-order valence-electron chi connectivity index (χ0n) is 11.8. The average molecular weight is 275 g/mol. The fourth-order valence-corrected chi connectivity index (χ4v) is 1.25. The van der Waals surface area contributed by atoms with Crippen molar-refractivity contribution < 1.29 is 9.53 Å². The van der Waals surface area contributed by atoms with E-state index in [0.29, 0.717) is 25.2 Å². The van der Waals surface area contributed by atoms with Gasteiger partial charge in [0.1, 0.15) is 11.7 Å². The molecule has 0 N–H and O–H groups in total. The summed E-state index contributed by atoms with van der Waals surface area (Å²) < 4.78 is 5.16. The van der Waals surface area contributed by atoms with E-state index in [1.807, 2.05) is 26.8 Å². The summed E-state index contributed by atoms with van der Waals surface area (Å²) in [5.74, 6) is 0.0899. The number of aromatic nitrogens is 2. The molecule has 0 aliphatic heterocycles. The van der Waals surface area contributed by atoms with Gasteiger partial charge in [-0.15, -0.1) is 15.3 Å². The Hall–Kier alpha value is -2.36. The van der Waals surface area contributed by atoms with E-state index in [-0.39, 0.29) is 11.7 Å². The van der Waals surface area contributed by atoms with Crippen molar-refractivity contribution in [1.82, 2.24) is 10.2 Å². The molecule has 0 atom stereocenters. The van der Waals surface area contributed by atoms with E-state index in [2.05, 4.69) is 20.4 Å². The summed E-state index contributed by atoms with van der Waals surface area (Å²) in [7, 11) is 0. The molecule has 0 radical (unpaired) electrons. The minimum Gasteiger partial charge on any atom is -0.460 e. The molecule has 106 valence electrons. The third kappa shape index (κ3) is 6.54. The lowest BCUT2D eigenvalue weighted by Crippen LogP contribution is -2.23. The van der Waals surface area contributed by atoms with Gasteiger partial charge >= 0.3 is 5.97 Å². The van der Waals surface area contributed by atoms with Gasteiger partial charge in [0.05, 0.1) is 6.54 Å². The molecule has 0 saturated heterocycles. The van der Waals surface area contributed by atoms with Crippen molar-refractivity contribution in [3.05, 3.63) is 17.8 Å². The highest BCUT2D eigenvalue weighted by Gasteiger charge is 2.15. The van der Waals surface area contributed by atoms with Crippen molar-refractivity contribution in [2.24, 2.45) is 10.2 Å². The molecule has 0 saturated carbocycles. The number of carbonyl (C=O) groups is 1. The van der Waals surface area contributed by atoms with Gasteiger partial charge in [0, 0.05) is 6.42 Å². The lowest BCUT2D eigenvalue weighted by atomic mass is 10.2. The van der Waals surface area contributed by atoms with E-state index in [0.717, 1.165) is 0 Å². The highest BCUT2D eigenvalue weighted by molar-refractivity contribution is 5.69. The van der Waals surface area contributed by atoms with Crippen molar-refractivity contribution in [3.8, 4) is 6.07 Å². The number of nitrogens with zero attached hydrogens (tertiary/aromatic N) is 5. The minimum atomic E-state index is -0.462. The zero-order valence-corrected chi connectivity index (χ0v) is 11.8. The van der Waals surface area contributed by atoms with E-state index in [4.69, 9.17) is 10.00 Å². The molecule has 20 heavy (non-hydrogen) atoms. The van der Waals surface area contributed by atoms with E-state index in [1.165, 1.54) is 6.07 Å². The molecule has 0 aliphatic carbocycles. The standard InChI is InChI=1S/C13H17N5O2/c1-13(2,3)20-12(19)5-4-8-15-17-11-7-6-10(9-14)16-18-11/h6-7H,4-5,8H2,1-3H3. The van der Waals surface area contributed by atoms with Crippen LogP contribution in [0.1, 0.15) is 39.3 Å². The van der Waals surface area contributed by atoms with Crippen LogP contribution in [0.3, 0.4) is 0 Å². The summed E-state index contributed by atoms with van der Waals surface area (Å²) >= 11 is 0. The Bertz CT molecular complexity index is 511. The molecule has 0 amide bonds. The van der Waals surface area contributed by atoms with Crippen molar-refractivity contribution in [1.29, 1.82) is 5.26 Å². The molecule has 1 aromatic heterocycles. The van der Waals surface area contributed by atoms with Crippen LogP contribution in [0.25, 0.3) is 0 Å². The molecule has 0 bridgehead atoms. The summed E-state index contributed by atoms with van der Waals surface area (Å²) in [4.78, 5) is 11.4. The molecule has 1 heterocycles. The predicted octanol–water partition coefficient (Wildman–Crippen LogP) is 2.55. The maximum atomic E-state index is 11.4. The largest absolute Gasteiger partial charge is 0.460 e. The van der Waals surface area contributed by atoms with Gasteiger partial charge in [-0.3, -0.25) is 4.79 Å². The lowest BCUT2D eigenvalue weighted by molar-refractivity contribution is -0.154. The number of esters is 1. The number of hydrogen-bond acceptors (Lipinski definition) is 7. The second-order valence-electron chi connectivity index (χ2n) is 5.04. The first-order valence-corrected chi connectivity index (χ1v) is 6.24. The maximum absolute atomic E-state index is 11.4. The van der Waals surface area contributed by atoms with E-state index >= 15 is 0 Å². The highest BCUT2D eigenvalue weighted by Crippen LogP contribution is 2.10. The van der Waals surface area contributed by atoms with Crippen molar-refractivity contribution in [3.63, 3.8) is 0 Å². The average Bonchev–Trinajstić information content (AvgIpc) is 2.37. The minimum absolute atomic E-state index is 0.230. The Morgan fingerprint density at radius 2 is 2.15 bits per heavy atom. The summed E-state index contributed by atoms with van der Waals surface area (Å²) in [5.41, 5.74) is -0.231. The number of ether oxygens (including phenoxy) is 1.